The summed E-state index contributed by atoms with van der Waals surface area (Å²) < 4.78 is 6.41. The highest BCUT2D eigenvalue weighted by Gasteiger charge is 2.17. The Kier molecular flexibility index (Phi) is 8.87. The molecule has 0 saturated heterocycles. The summed E-state index contributed by atoms with van der Waals surface area (Å²) >= 11 is 0. The van der Waals surface area contributed by atoms with Gasteiger partial charge in [0, 0.05) is 33.9 Å². The first kappa shape index (κ1) is 35.2. The van der Waals surface area contributed by atoms with Gasteiger partial charge in [-0.1, -0.05) is 176 Å². The molecule has 11 rings (SSSR count). The summed E-state index contributed by atoms with van der Waals surface area (Å²) in [5, 5.41) is 4.74. The van der Waals surface area contributed by atoms with Crippen LogP contribution in [0.3, 0.4) is 0 Å². The monoisotopic (exact) mass is 765 g/mol. The van der Waals surface area contributed by atoms with Gasteiger partial charge in [-0.3, -0.25) is 0 Å². The Hall–Kier alpha value is -7.94. The highest BCUT2D eigenvalue weighted by atomic mass is 16.3. The quantitative estimate of drug-likeness (QED) is 0.153. The minimum atomic E-state index is 0.865. The zero-order chi connectivity index (χ0) is 39.8. The fraction of sp³-hybridized carbons (Fsp3) is 0. The van der Waals surface area contributed by atoms with Gasteiger partial charge in [-0.25, -0.2) is 0 Å². The second-order valence-electron chi connectivity index (χ2n) is 15.3. The number of hydrogen-bond donors (Lipinski definition) is 0. The molecule has 0 unspecified atom stereocenters. The number of furan rings is 1. The molecular weight excluding hydrogens is 727 g/mol. The van der Waals surface area contributed by atoms with E-state index < -0.39 is 0 Å². The number of nitrogens with zero attached hydrogens (tertiary/aromatic N) is 1. The van der Waals surface area contributed by atoms with Crippen LogP contribution >= 0.6 is 0 Å². The minimum Gasteiger partial charge on any atom is -0.456 e. The van der Waals surface area contributed by atoms with E-state index in [-0.39, 0.29) is 0 Å². The van der Waals surface area contributed by atoms with Crippen molar-refractivity contribution in [3.63, 3.8) is 0 Å². The van der Waals surface area contributed by atoms with Crippen LogP contribution in [0.15, 0.2) is 241 Å². The summed E-state index contributed by atoms with van der Waals surface area (Å²) in [7, 11) is 0. The summed E-state index contributed by atoms with van der Waals surface area (Å²) in [4.78, 5) is 2.33. The largest absolute Gasteiger partial charge is 0.456 e. The standard InChI is InChI=1S/C58H39NO/c1-2-13-44(14-3-1)53-20-6-7-21-54(53)49-18-11-19-51(38-49)59(52-34-35-56-55-22-8-9-23-57(55)60-58(56)39-52)50-32-30-42(31-33-50)41-24-26-43(27-25-41)46-16-10-17-47(36-46)48-29-28-40-12-4-5-15-45(40)37-48/h1-39H. The van der Waals surface area contributed by atoms with Crippen LogP contribution in [0.5, 0.6) is 0 Å². The van der Waals surface area contributed by atoms with E-state index in [2.05, 4.69) is 229 Å². The predicted molar refractivity (Wildman–Crippen MR) is 253 cm³/mol. The third-order valence-corrected chi connectivity index (χ3v) is 11.7. The molecule has 2 nitrogen and oxygen atoms in total. The molecule has 0 amide bonds. The van der Waals surface area contributed by atoms with Crippen molar-refractivity contribution in [3.05, 3.63) is 237 Å². The number of fused-ring (bicyclic) bond motifs is 4. The van der Waals surface area contributed by atoms with Crippen molar-refractivity contribution >= 4 is 49.8 Å². The number of para-hydroxylation sites is 1. The van der Waals surface area contributed by atoms with E-state index in [4.69, 9.17) is 4.42 Å². The molecule has 282 valence electrons. The van der Waals surface area contributed by atoms with Gasteiger partial charge < -0.3 is 9.32 Å². The molecule has 11 aromatic rings. The Bertz CT molecular complexity index is 3310. The molecule has 0 aliphatic carbocycles. The number of benzene rings is 10. The highest BCUT2D eigenvalue weighted by Crippen LogP contribution is 2.42. The van der Waals surface area contributed by atoms with Gasteiger partial charge in [0.2, 0.25) is 0 Å². The Morgan fingerprint density at radius 3 is 1.57 bits per heavy atom. The fourth-order valence-electron chi connectivity index (χ4n) is 8.62. The van der Waals surface area contributed by atoms with Crippen LogP contribution < -0.4 is 4.90 Å². The second-order valence-corrected chi connectivity index (χ2v) is 15.3. The molecule has 0 aliphatic heterocycles. The van der Waals surface area contributed by atoms with Crippen molar-refractivity contribution in [2.45, 2.75) is 0 Å². The lowest BCUT2D eigenvalue weighted by molar-refractivity contribution is 0.669. The molecule has 60 heavy (non-hydrogen) atoms. The Morgan fingerprint density at radius 1 is 0.250 bits per heavy atom. The van der Waals surface area contributed by atoms with Crippen molar-refractivity contribution in [1.29, 1.82) is 0 Å². The van der Waals surface area contributed by atoms with E-state index in [0.717, 1.165) is 50.1 Å². The van der Waals surface area contributed by atoms with E-state index in [9.17, 15) is 0 Å². The summed E-state index contributed by atoms with van der Waals surface area (Å²) in [5.74, 6) is 0. The molecule has 0 spiro atoms. The zero-order valence-electron chi connectivity index (χ0n) is 32.9. The van der Waals surface area contributed by atoms with Crippen molar-refractivity contribution in [3.8, 4) is 55.6 Å². The maximum atomic E-state index is 6.41. The van der Waals surface area contributed by atoms with Crippen molar-refractivity contribution < 1.29 is 4.42 Å². The number of anilines is 3. The summed E-state index contributed by atoms with van der Waals surface area (Å²) in [5.41, 5.74) is 16.8. The molecule has 0 radical (unpaired) electrons. The van der Waals surface area contributed by atoms with Crippen LogP contribution in [-0.4, -0.2) is 0 Å². The maximum Gasteiger partial charge on any atom is 0.137 e. The molecule has 0 atom stereocenters. The zero-order valence-corrected chi connectivity index (χ0v) is 32.9. The van der Waals surface area contributed by atoms with Crippen LogP contribution in [0, 0.1) is 0 Å². The molecule has 10 aromatic carbocycles. The Labute approximate surface area is 349 Å². The molecule has 2 heteroatoms. The van der Waals surface area contributed by atoms with Crippen molar-refractivity contribution in [1.82, 2.24) is 0 Å². The lowest BCUT2D eigenvalue weighted by atomic mass is 9.94. The van der Waals surface area contributed by atoms with E-state index in [0.29, 0.717) is 0 Å². The normalized spacial score (nSPS) is 11.3. The molecule has 1 aromatic heterocycles. The molecular formula is C58H39NO. The van der Waals surface area contributed by atoms with Gasteiger partial charge in [-0.15, -0.1) is 0 Å². The Morgan fingerprint density at radius 2 is 0.767 bits per heavy atom. The summed E-state index contributed by atoms with van der Waals surface area (Å²) in [6, 6.07) is 84.9. The van der Waals surface area contributed by atoms with Gasteiger partial charge >= 0.3 is 0 Å². The van der Waals surface area contributed by atoms with Crippen LogP contribution in [-0.2, 0) is 0 Å². The molecule has 0 bridgehead atoms. The first-order valence-corrected chi connectivity index (χ1v) is 20.5. The van der Waals surface area contributed by atoms with Crippen molar-refractivity contribution in [2.75, 3.05) is 4.90 Å². The lowest BCUT2D eigenvalue weighted by Crippen LogP contribution is -2.10. The van der Waals surface area contributed by atoms with Gasteiger partial charge in [-0.05, 0) is 121 Å². The van der Waals surface area contributed by atoms with E-state index in [1.807, 2.05) is 12.1 Å². The van der Waals surface area contributed by atoms with Gasteiger partial charge in [-0.2, -0.15) is 0 Å². The number of hydrogen-bond acceptors (Lipinski definition) is 2. The fourth-order valence-corrected chi connectivity index (χ4v) is 8.62. The SMILES string of the molecule is c1ccc(-c2ccccc2-c2cccc(N(c3ccc(-c4ccc(-c5cccc(-c6ccc7ccccc7c6)c5)cc4)cc3)c3ccc4c(c3)oc3ccccc34)c2)cc1. The smallest absolute Gasteiger partial charge is 0.137 e. The second kappa shape index (κ2) is 15.1. The van der Waals surface area contributed by atoms with Crippen molar-refractivity contribution in [2.24, 2.45) is 0 Å². The molecule has 0 aliphatic rings. The Balaban J connectivity index is 0.940. The first-order valence-electron chi connectivity index (χ1n) is 20.5. The molecule has 0 saturated carbocycles. The van der Waals surface area contributed by atoms with Crippen LogP contribution in [0.2, 0.25) is 0 Å². The van der Waals surface area contributed by atoms with Crippen LogP contribution in [0.25, 0.3) is 88.3 Å². The third kappa shape index (κ3) is 6.61. The van der Waals surface area contributed by atoms with Gasteiger partial charge in [0.1, 0.15) is 11.2 Å². The summed E-state index contributed by atoms with van der Waals surface area (Å²) in [6.45, 7) is 0. The lowest BCUT2D eigenvalue weighted by Gasteiger charge is -2.26. The van der Waals surface area contributed by atoms with Crippen LogP contribution in [0.4, 0.5) is 17.1 Å². The number of rotatable bonds is 8. The van der Waals surface area contributed by atoms with E-state index in [1.54, 1.807) is 0 Å². The maximum absolute atomic E-state index is 6.41. The predicted octanol–water partition coefficient (Wildman–Crippen LogP) is 16.5. The van der Waals surface area contributed by atoms with Gasteiger partial charge in [0.05, 0.1) is 0 Å². The average Bonchev–Trinajstić information content (AvgIpc) is 3.70. The van der Waals surface area contributed by atoms with E-state index >= 15 is 0 Å². The van der Waals surface area contributed by atoms with E-state index in [1.165, 1.54) is 55.3 Å². The first-order chi connectivity index (χ1) is 29.7. The summed E-state index contributed by atoms with van der Waals surface area (Å²) in [6.07, 6.45) is 0. The van der Waals surface area contributed by atoms with Gasteiger partial charge in [0.25, 0.3) is 0 Å². The van der Waals surface area contributed by atoms with Crippen LogP contribution in [0.1, 0.15) is 0 Å². The molecule has 0 fully saturated rings. The molecule has 1 heterocycles. The highest BCUT2D eigenvalue weighted by molar-refractivity contribution is 6.06. The average molecular weight is 766 g/mol. The third-order valence-electron chi connectivity index (χ3n) is 11.7. The van der Waals surface area contributed by atoms with Gasteiger partial charge in [0.15, 0.2) is 0 Å². The molecule has 0 N–H and O–H groups in total. The topological polar surface area (TPSA) is 16.4 Å². The minimum absolute atomic E-state index is 0.865.